The molecule has 2 heterocycles. The molecule has 0 saturated carbocycles. The van der Waals surface area contributed by atoms with E-state index in [1.807, 2.05) is 30.3 Å². The average Bonchev–Trinajstić information content (AvgIpc) is 3.07. The summed E-state index contributed by atoms with van der Waals surface area (Å²) in [5.41, 5.74) is 1.93. The molecule has 0 spiro atoms. The smallest absolute Gasteiger partial charge is 0.352 e. The summed E-state index contributed by atoms with van der Waals surface area (Å²) < 4.78 is 4.95. The molecule has 5 rings (SSSR count). The number of thioether (sulfide) groups is 1. The number of nitrogens with zero attached hydrogens (tertiary/aromatic N) is 1. The number of carboxylic acids is 1. The normalized spacial score (nSPS) is 17.8. The Kier molecular flexibility index (Phi) is 9.77. The third kappa shape index (κ3) is 7.08. The number of carbonyl (C=O) groups is 6. The lowest BCUT2D eigenvalue weighted by Gasteiger charge is -2.49. The predicted octanol–water partition coefficient (Wildman–Crippen LogP) is 3.36. The van der Waals surface area contributed by atoms with E-state index in [1.54, 1.807) is 36.4 Å². The van der Waals surface area contributed by atoms with Crippen LogP contribution in [-0.4, -0.2) is 69.2 Å². The summed E-state index contributed by atoms with van der Waals surface area (Å²) in [6.07, 6.45) is 3.15. The van der Waals surface area contributed by atoms with Gasteiger partial charge >= 0.3 is 11.9 Å². The van der Waals surface area contributed by atoms with Crippen molar-refractivity contribution >= 4 is 53.3 Å². The van der Waals surface area contributed by atoms with E-state index in [0.29, 0.717) is 11.1 Å². The fraction of sp³-hybridized carbons (Fsp3) is 0.176. The van der Waals surface area contributed by atoms with Crippen molar-refractivity contribution in [2.45, 2.75) is 24.4 Å². The Labute approximate surface area is 268 Å². The van der Waals surface area contributed by atoms with E-state index < -0.39 is 47.1 Å². The second-order valence-electron chi connectivity index (χ2n) is 10.4. The van der Waals surface area contributed by atoms with Gasteiger partial charge < -0.3 is 20.5 Å². The van der Waals surface area contributed by atoms with Crippen LogP contribution < -0.4 is 10.6 Å². The number of carbonyl (C=O) groups excluding carboxylic acids is 5. The number of rotatable bonds is 11. The van der Waals surface area contributed by atoms with Gasteiger partial charge in [0.2, 0.25) is 5.91 Å². The van der Waals surface area contributed by atoms with Crippen molar-refractivity contribution in [1.82, 2.24) is 15.5 Å². The molecule has 0 bridgehead atoms. The molecule has 12 heteroatoms. The Bertz CT molecular complexity index is 1740. The number of esters is 1. The second-order valence-corrected chi connectivity index (χ2v) is 11.5. The number of nitrogens with one attached hydrogen (secondary N) is 2. The number of carboxylic acid groups (broad SMARTS) is 1. The minimum Gasteiger partial charge on any atom is -0.477 e. The number of fused-ring (bicyclic) bond motifs is 1. The molecule has 0 aromatic heterocycles. The first kappa shape index (κ1) is 31.9. The number of ether oxygens (including phenoxy) is 1. The fourth-order valence-electron chi connectivity index (χ4n) is 5.00. The van der Waals surface area contributed by atoms with Crippen LogP contribution in [0.4, 0.5) is 0 Å². The van der Waals surface area contributed by atoms with Crippen molar-refractivity contribution in [3.8, 4) is 0 Å². The maximum Gasteiger partial charge on any atom is 0.352 e. The molecule has 11 nitrogen and oxygen atoms in total. The molecule has 2 aliphatic heterocycles. The molecule has 0 radical (unpaired) electrons. The summed E-state index contributed by atoms with van der Waals surface area (Å²) in [6, 6.07) is 21.6. The van der Waals surface area contributed by atoms with Crippen molar-refractivity contribution in [3.05, 3.63) is 125 Å². The Hall–Kier alpha value is -5.49. The lowest BCUT2D eigenvalue weighted by atomic mass is 10.0. The van der Waals surface area contributed by atoms with Crippen molar-refractivity contribution in [1.29, 1.82) is 0 Å². The van der Waals surface area contributed by atoms with Gasteiger partial charge in [0.1, 0.15) is 29.8 Å². The molecule has 1 saturated heterocycles. The highest BCUT2D eigenvalue weighted by molar-refractivity contribution is 8.00. The molecule has 0 aliphatic carbocycles. The van der Waals surface area contributed by atoms with Gasteiger partial charge in [-0.3, -0.25) is 28.9 Å². The fourth-order valence-corrected chi connectivity index (χ4v) is 6.33. The Morgan fingerprint density at radius 1 is 0.957 bits per heavy atom. The summed E-state index contributed by atoms with van der Waals surface area (Å²) >= 11 is 1.23. The van der Waals surface area contributed by atoms with Crippen LogP contribution in [0.3, 0.4) is 0 Å². The Morgan fingerprint density at radius 3 is 2.22 bits per heavy atom. The van der Waals surface area contributed by atoms with Gasteiger partial charge in [0.25, 0.3) is 11.8 Å². The van der Waals surface area contributed by atoms with Crippen LogP contribution in [0.1, 0.15) is 44.8 Å². The van der Waals surface area contributed by atoms with Crippen LogP contribution in [0.2, 0.25) is 0 Å². The van der Waals surface area contributed by atoms with Crippen molar-refractivity contribution in [3.63, 3.8) is 0 Å². The zero-order valence-corrected chi connectivity index (χ0v) is 25.4. The van der Waals surface area contributed by atoms with E-state index in [-0.39, 0.29) is 35.0 Å². The van der Waals surface area contributed by atoms with Crippen LogP contribution in [0.5, 0.6) is 0 Å². The van der Waals surface area contributed by atoms with Crippen molar-refractivity contribution in [2.75, 3.05) is 12.4 Å². The van der Waals surface area contributed by atoms with Crippen LogP contribution in [0, 0.1) is 0 Å². The van der Waals surface area contributed by atoms with Crippen LogP contribution >= 0.6 is 11.8 Å². The number of ketones is 1. The van der Waals surface area contributed by atoms with Crippen molar-refractivity contribution in [2.24, 2.45) is 0 Å². The van der Waals surface area contributed by atoms with Gasteiger partial charge in [-0.25, -0.2) is 4.79 Å². The highest BCUT2D eigenvalue weighted by atomic mass is 32.2. The van der Waals surface area contributed by atoms with Crippen LogP contribution in [0.25, 0.3) is 6.08 Å². The third-order valence-electron chi connectivity index (χ3n) is 7.33. The summed E-state index contributed by atoms with van der Waals surface area (Å²) in [5, 5.41) is 14.5. The van der Waals surface area contributed by atoms with E-state index >= 15 is 0 Å². The van der Waals surface area contributed by atoms with E-state index in [2.05, 4.69) is 10.6 Å². The maximum atomic E-state index is 13.6. The first-order valence-corrected chi connectivity index (χ1v) is 15.3. The van der Waals surface area contributed by atoms with E-state index in [0.717, 1.165) is 10.5 Å². The number of allylic oxidation sites excluding steroid dienone is 1. The number of amides is 3. The highest BCUT2D eigenvalue weighted by Gasteiger charge is 2.54. The van der Waals surface area contributed by atoms with Gasteiger partial charge in [-0.1, -0.05) is 78.9 Å². The largest absolute Gasteiger partial charge is 0.477 e. The molecule has 2 aliphatic rings. The topological polar surface area (TPSA) is 159 Å². The number of aliphatic carboxylic acids is 1. The molecular formula is C34H29N3O8S. The van der Waals surface area contributed by atoms with Crippen LogP contribution in [-0.2, 0) is 23.9 Å². The Morgan fingerprint density at radius 2 is 1.59 bits per heavy atom. The molecule has 1 unspecified atom stereocenters. The predicted molar refractivity (Wildman–Crippen MR) is 169 cm³/mol. The van der Waals surface area contributed by atoms with Gasteiger partial charge in [0, 0.05) is 29.4 Å². The van der Waals surface area contributed by atoms with E-state index in [4.69, 9.17) is 4.74 Å². The number of β-lactam (4-membered cyclic amide) rings is 1. The molecule has 3 N–H and O–H groups in total. The summed E-state index contributed by atoms with van der Waals surface area (Å²) in [5.74, 6) is -3.88. The average molecular weight is 640 g/mol. The summed E-state index contributed by atoms with van der Waals surface area (Å²) in [4.78, 5) is 76.9. The number of benzene rings is 3. The van der Waals surface area contributed by atoms with E-state index in [1.165, 1.54) is 49.0 Å². The second kappa shape index (κ2) is 14.1. The van der Waals surface area contributed by atoms with Gasteiger partial charge in [0.05, 0.1) is 0 Å². The first-order valence-electron chi connectivity index (χ1n) is 14.2. The molecule has 3 amide bonds. The standard InChI is InChI=1S/C34H29N3O8S/c1-20(38)45-18-25-19-46-33-28(32(42)37(33)29(25)34(43)44)36-31(41)27(23-10-6-3-7-11-23)35-30(40)24-15-13-22(14-16-24)26(39)17-12-21-8-4-2-5-9-21/h2-17,27-28,33H,18-19H2,1H3,(H,35,40)(H,36,41)(H,43,44)/t27?,28-,33-/m1/s1. The molecule has 3 aromatic carbocycles. The summed E-state index contributed by atoms with van der Waals surface area (Å²) in [7, 11) is 0. The molecule has 3 aromatic rings. The van der Waals surface area contributed by atoms with Crippen LogP contribution in [0.15, 0.2) is 102 Å². The maximum absolute atomic E-state index is 13.6. The first-order chi connectivity index (χ1) is 22.1. The SMILES string of the molecule is CC(=O)OCC1=C(C(=O)O)N2C(=O)[C@@H](NC(=O)C(NC(=O)c3ccc(C(=O)C=Cc4ccccc4)cc3)c3ccccc3)[C@H]2SC1. The third-order valence-corrected chi connectivity index (χ3v) is 8.67. The lowest BCUT2D eigenvalue weighted by Crippen LogP contribution is -2.71. The zero-order valence-electron chi connectivity index (χ0n) is 24.5. The zero-order chi connectivity index (χ0) is 32.8. The van der Waals surface area contributed by atoms with Gasteiger partial charge in [-0.05, 0) is 29.3 Å². The molecule has 3 atom stereocenters. The van der Waals surface area contributed by atoms with Gasteiger partial charge in [0.15, 0.2) is 5.78 Å². The van der Waals surface area contributed by atoms with Gasteiger partial charge in [-0.15, -0.1) is 11.8 Å². The molecule has 46 heavy (non-hydrogen) atoms. The van der Waals surface area contributed by atoms with E-state index in [9.17, 15) is 33.9 Å². The quantitative estimate of drug-likeness (QED) is 0.124. The number of hydrogen-bond acceptors (Lipinski definition) is 8. The highest BCUT2D eigenvalue weighted by Crippen LogP contribution is 2.40. The lowest BCUT2D eigenvalue weighted by molar-refractivity contribution is -0.151. The molecule has 1 fully saturated rings. The Balaban J connectivity index is 1.28. The van der Waals surface area contributed by atoms with Gasteiger partial charge in [-0.2, -0.15) is 0 Å². The number of hydrogen-bond donors (Lipinski definition) is 3. The molecular weight excluding hydrogens is 610 g/mol. The van der Waals surface area contributed by atoms with Crippen molar-refractivity contribution < 1.29 is 38.6 Å². The summed E-state index contributed by atoms with van der Waals surface area (Å²) in [6.45, 7) is 0.934. The monoisotopic (exact) mass is 639 g/mol. The minimum absolute atomic E-state index is 0.176. The molecule has 234 valence electrons. The minimum atomic E-state index is -1.35.